The van der Waals surface area contributed by atoms with Crippen LogP contribution in [0, 0.1) is 17.4 Å². The number of pyridine rings is 1. The van der Waals surface area contributed by atoms with Gasteiger partial charge in [-0.1, -0.05) is 0 Å². The molecule has 1 aliphatic carbocycles. The Bertz CT molecular complexity index is 570. The molecule has 0 N–H and O–H groups in total. The summed E-state index contributed by atoms with van der Waals surface area (Å²) in [6, 6.07) is 6.53. The summed E-state index contributed by atoms with van der Waals surface area (Å²) in [5, 5.41) is 1.31. The fourth-order valence-corrected chi connectivity index (χ4v) is 2.76. The van der Waals surface area contributed by atoms with Gasteiger partial charge in [0.2, 0.25) is 0 Å². The molecule has 1 aromatic carbocycles. The van der Waals surface area contributed by atoms with Crippen molar-refractivity contribution in [3.63, 3.8) is 0 Å². The predicted octanol–water partition coefficient (Wildman–Crippen LogP) is 4.33. The quantitative estimate of drug-likeness (QED) is 0.712. The normalized spacial score (nSPS) is 15.7. The highest BCUT2D eigenvalue weighted by Crippen LogP contribution is 2.42. The molecule has 16 heavy (non-hydrogen) atoms. The minimum Gasteiger partial charge on any atom is -0.252 e. The Balaban J connectivity index is 2.33. The maximum atomic E-state index is 4.84. The lowest BCUT2D eigenvalue weighted by molar-refractivity contribution is 1.01. The van der Waals surface area contributed by atoms with E-state index >= 15 is 0 Å². The third-order valence-corrected chi connectivity index (χ3v) is 4.19. The average molecular weight is 323 g/mol. The van der Waals surface area contributed by atoms with Crippen LogP contribution in [0.25, 0.3) is 10.9 Å². The lowest BCUT2D eigenvalue weighted by Crippen LogP contribution is -1.97. The van der Waals surface area contributed by atoms with Crippen LogP contribution in [0.4, 0.5) is 0 Å². The van der Waals surface area contributed by atoms with E-state index in [9.17, 15) is 0 Å². The van der Waals surface area contributed by atoms with E-state index in [1.165, 1.54) is 38.6 Å². The zero-order valence-electron chi connectivity index (χ0n) is 9.55. The lowest BCUT2D eigenvalue weighted by atomic mass is 10.0. The highest BCUT2D eigenvalue weighted by molar-refractivity contribution is 14.1. The molecule has 82 valence electrons. The smallest absolute Gasteiger partial charge is 0.0709 e. The van der Waals surface area contributed by atoms with E-state index in [4.69, 9.17) is 4.98 Å². The highest BCUT2D eigenvalue weighted by atomic mass is 127. The Labute approximate surface area is 109 Å². The van der Waals surface area contributed by atoms with Gasteiger partial charge in [0.1, 0.15) is 0 Å². The van der Waals surface area contributed by atoms with E-state index in [2.05, 4.69) is 54.6 Å². The predicted molar refractivity (Wildman–Crippen MR) is 75.9 cm³/mol. The van der Waals surface area contributed by atoms with Gasteiger partial charge in [0.05, 0.1) is 5.52 Å². The summed E-state index contributed by atoms with van der Waals surface area (Å²) < 4.78 is 1.29. The number of aryl methyl sites for hydroxylation is 1. The minimum absolute atomic E-state index is 0.738. The van der Waals surface area contributed by atoms with Gasteiger partial charge in [0.25, 0.3) is 0 Å². The van der Waals surface area contributed by atoms with Crippen LogP contribution in [0.3, 0.4) is 0 Å². The van der Waals surface area contributed by atoms with Crippen molar-refractivity contribution < 1.29 is 0 Å². The van der Waals surface area contributed by atoms with Gasteiger partial charge in [-0.3, -0.25) is 4.98 Å². The summed E-state index contributed by atoms with van der Waals surface area (Å²) >= 11 is 2.36. The first-order valence-corrected chi connectivity index (χ1v) is 6.81. The molecule has 0 unspecified atom stereocenters. The van der Waals surface area contributed by atoms with Crippen molar-refractivity contribution in [2.24, 2.45) is 0 Å². The Kier molecular flexibility index (Phi) is 2.42. The van der Waals surface area contributed by atoms with Gasteiger partial charge in [-0.2, -0.15) is 0 Å². The van der Waals surface area contributed by atoms with Crippen molar-refractivity contribution in [2.75, 3.05) is 0 Å². The molecule has 3 rings (SSSR count). The summed E-state index contributed by atoms with van der Waals surface area (Å²) in [6.07, 6.45) is 2.65. The second-order valence-electron chi connectivity index (χ2n) is 4.68. The molecule has 2 heteroatoms. The van der Waals surface area contributed by atoms with E-state index in [1.807, 2.05) is 0 Å². The van der Waals surface area contributed by atoms with Crippen molar-refractivity contribution in [3.05, 3.63) is 38.6 Å². The molecule has 0 aliphatic heterocycles. The standard InChI is InChI=1S/C14H14IN/c1-8-9(2)14(10-3-4-10)16-13-6-5-11(15)7-12(8)13/h5-7,10H,3-4H2,1-2H3. The van der Waals surface area contributed by atoms with Crippen molar-refractivity contribution in [1.82, 2.24) is 4.98 Å². The van der Waals surface area contributed by atoms with E-state index < -0.39 is 0 Å². The molecule has 0 amide bonds. The van der Waals surface area contributed by atoms with Crippen molar-refractivity contribution >= 4 is 33.5 Å². The first-order chi connectivity index (χ1) is 7.66. The van der Waals surface area contributed by atoms with Crippen molar-refractivity contribution in [1.29, 1.82) is 0 Å². The van der Waals surface area contributed by atoms with Gasteiger partial charge < -0.3 is 0 Å². The number of halogens is 1. The molecule has 0 radical (unpaired) electrons. The maximum absolute atomic E-state index is 4.84. The Hall–Kier alpha value is -0.640. The largest absolute Gasteiger partial charge is 0.252 e. The first-order valence-electron chi connectivity index (χ1n) is 5.73. The second kappa shape index (κ2) is 3.69. The number of aromatic nitrogens is 1. The molecule has 1 heterocycles. The van der Waals surface area contributed by atoms with E-state index in [-0.39, 0.29) is 0 Å². The summed E-state index contributed by atoms with van der Waals surface area (Å²) in [7, 11) is 0. The number of nitrogens with zero attached hydrogens (tertiary/aromatic N) is 1. The zero-order chi connectivity index (χ0) is 11.3. The molecule has 1 saturated carbocycles. The lowest BCUT2D eigenvalue weighted by Gasteiger charge is -2.11. The number of fused-ring (bicyclic) bond motifs is 1. The van der Waals surface area contributed by atoms with Gasteiger partial charge >= 0.3 is 0 Å². The Morgan fingerprint density at radius 2 is 1.94 bits per heavy atom. The molecule has 1 nitrogen and oxygen atoms in total. The van der Waals surface area contributed by atoms with Crippen LogP contribution in [0.2, 0.25) is 0 Å². The summed E-state index contributed by atoms with van der Waals surface area (Å²) in [5.74, 6) is 0.738. The fourth-order valence-electron chi connectivity index (χ4n) is 2.27. The van der Waals surface area contributed by atoms with E-state index in [0.29, 0.717) is 0 Å². The Morgan fingerprint density at radius 3 is 2.62 bits per heavy atom. The molecular weight excluding hydrogens is 309 g/mol. The molecular formula is C14H14IN. The van der Waals surface area contributed by atoms with Gasteiger partial charge in [0.15, 0.2) is 0 Å². The Morgan fingerprint density at radius 1 is 1.19 bits per heavy atom. The van der Waals surface area contributed by atoms with Crippen LogP contribution in [0.1, 0.15) is 35.6 Å². The fraction of sp³-hybridized carbons (Fsp3) is 0.357. The van der Waals surface area contributed by atoms with Crippen LogP contribution < -0.4 is 0 Å². The molecule has 1 aliphatic rings. The summed E-state index contributed by atoms with van der Waals surface area (Å²) in [4.78, 5) is 4.84. The van der Waals surface area contributed by atoms with Gasteiger partial charge in [-0.15, -0.1) is 0 Å². The van der Waals surface area contributed by atoms with Crippen LogP contribution >= 0.6 is 22.6 Å². The summed E-state index contributed by atoms with van der Waals surface area (Å²) in [5.41, 5.74) is 5.30. The maximum Gasteiger partial charge on any atom is 0.0709 e. The van der Waals surface area contributed by atoms with E-state index in [0.717, 1.165) is 11.4 Å². The molecule has 0 bridgehead atoms. The number of benzene rings is 1. The third kappa shape index (κ3) is 1.63. The van der Waals surface area contributed by atoms with Gasteiger partial charge in [-0.05, 0) is 78.6 Å². The van der Waals surface area contributed by atoms with Crippen LogP contribution in [-0.4, -0.2) is 4.98 Å². The molecule has 0 saturated heterocycles. The van der Waals surface area contributed by atoms with E-state index in [1.54, 1.807) is 0 Å². The number of hydrogen-bond acceptors (Lipinski definition) is 1. The number of rotatable bonds is 1. The minimum atomic E-state index is 0.738. The topological polar surface area (TPSA) is 12.9 Å². The van der Waals surface area contributed by atoms with Crippen LogP contribution in [-0.2, 0) is 0 Å². The molecule has 0 atom stereocenters. The van der Waals surface area contributed by atoms with Gasteiger partial charge in [0, 0.05) is 20.6 Å². The van der Waals surface area contributed by atoms with Gasteiger partial charge in [-0.25, -0.2) is 0 Å². The average Bonchev–Trinajstić information content (AvgIpc) is 3.08. The molecule has 1 aromatic heterocycles. The SMILES string of the molecule is Cc1c(C2CC2)nc2ccc(I)cc2c1C. The monoisotopic (exact) mass is 323 g/mol. The number of hydrogen-bond donors (Lipinski definition) is 0. The highest BCUT2D eigenvalue weighted by Gasteiger charge is 2.27. The zero-order valence-corrected chi connectivity index (χ0v) is 11.7. The second-order valence-corrected chi connectivity index (χ2v) is 5.93. The van der Waals surface area contributed by atoms with Crippen LogP contribution in [0.5, 0.6) is 0 Å². The molecule has 1 fully saturated rings. The van der Waals surface area contributed by atoms with Crippen molar-refractivity contribution in [3.8, 4) is 0 Å². The first kappa shape index (κ1) is 10.5. The van der Waals surface area contributed by atoms with Crippen molar-refractivity contribution in [2.45, 2.75) is 32.6 Å². The summed E-state index contributed by atoms with van der Waals surface area (Å²) in [6.45, 7) is 4.44. The molecule has 2 aromatic rings. The third-order valence-electron chi connectivity index (χ3n) is 3.51. The molecule has 0 spiro atoms. The van der Waals surface area contributed by atoms with Crippen LogP contribution in [0.15, 0.2) is 18.2 Å².